The first-order valence-electron chi connectivity index (χ1n) is 7.74. The molecular weight excluding hydrogens is 348 g/mol. The third kappa shape index (κ3) is 8.95. The summed E-state index contributed by atoms with van der Waals surface area (Å²) in [6.45, 7) is 4.83. The molecule has 0 bridgehead atoms. The Morgan fingerprint density at radius 3 is 2.36 bits per heavy atom. The van der Waals surface area contributed by atoms with Gasteiger partial charge in [-0.2, -0.15) is 0 Å². The molecule has 0 unspecified atom stereocenters. The summed E-state index contributed by atoms with van der Waals surface area (Å²) in [6, 6.07) is 7.98. The van der Waals surface area contributed by atoms with Crippen LogP contribution < -0.4 is 10.6 Å². The molecule has 0 saturated carbocycles. The molecule has 25 heavy (non-hydrogen) atoms. The molecule has 2 N–H and O–H groups in total. The van der Waals surface area contributed by atoms with Gasteiger partial charge in [0, 0.05) is 6.42 Å². The monoisotopic (exact) mass is 370 g/mol. The van der Waals surface area contributed by atoms with Crippen LogP contribution in [-0.4, -0.2) is 42.2 Å². The van der Waals surface area contributed by atoms with E-state index in [2.05, 4.69) is 15.4 Å². The quantitative estimate of drug-likeness (QED) is 0.565. The fraction of sp³-hybridized carbons (Fsp3) is 0.471. The summed E-state index contributed by atoms with van der Waals surface area (Å²) in [7, 11) is 0. The molecule has 0 aromatic heterocycles. The van der Waals surface area contributed by atoms with Crippen molar-refractivity contribution >= 4 is 29.6 Å². The van der Waals surface area contributed by atoms with Gasteiger partial charge in [0.1, 0.15) is 18.2 Å². The minimum absolute atomic E-state index is 0.246. The van der Waals surface area contributed by atoms with Crippen LogP contribution in [0.5, 0.6) is 0 Å². The molecular formula is C17H23ClN2O5. The van der Waals surface area contributed by atoms with Crippen molar-refractivity contribution in [3.63, 3.8) is 0 Å². The van der Waals surface area contributed by atoms with Crippen LogP contribution in [0.3, 0.4) is 0 Å². The van der Waals surface area contributed by atoms with Gasteiger partial charge in [-0.15, -0.1) is 0 Å². The normalized spacial score (nSPS) is 12.0. The third-order valence-corrected chi connectivity index (χ3v) is 3.02. The second-order valence-electron chi connectivity index (χ2n) is 6.23. The molecule has 0 radical (unpaired) electrons. The zero-order chi connectivity index (χ0) is 18.9. The van der Waals surface area contributed by atoms with Gasteiger partial charge in [0.05, 0.1) is 0 Å². The molecule has 7 nitrogen and oxygen atoms in total. The van der Waals surface area contributed by atoms with Crippen molar-refractivity contribution in [3.05, 3.63) is 35.9 Å². The number of hydrogen-bond acceptors (Lipinski definition) is 5. The molecule has 138 valence electrons. The standard InChI is InChI=1S/C17H23ClN2O5/c1-17(2,3)25-16(23)20-13(9-12-7-5-4-6-8-12)15(22)19-10-14(21)24-11-18/h4-8,13H,9-11H2,1-3H3,(H,19,22)(H,20,23)/t13-/m0/s1. The van der Waals surface area contributed by atoms with Crippen LogP contribution in [0.1, 0.15) is 26.3 Å². The SMILES string of the molecule is CC(C)(C)OC(=O)N[C@@H](Cc1ccccc1)C(=O)NCC(=O)OCCl. The van der Waals surface area contributed by atoms with E-state index in [-0.39, 0.29) is 19.0 Å². The highest BCUT2D eigenvalue weighted by Gasteiger charge is 2.25. The molecule has 0 aliphatic heterocycles. The highest BCUT2D eigenvalue weighted by Crippen LogP contribution is 2.08. The van der Waals surface area contributed by atoms with Gasteiger partial charge in [-0.05, 0) is 26.3 Å². The van der Waals surface area contributed by atoms with E-state index in [1.807, 2.05) is 30.3 Å². The van der Waals surface area contributed by atoms with Crippen LogP contribution in [0.15, 0.2) is 30.3 Å². The van der Waals surface area contributed by atoms with Crippen LogP contribution in [0.2, 0.25) is 0 Å². The average molecular weight is 371 g/mol. The fourth-order valence-corrected chi connectivity index (χ4v) is 2.02. The minimum atomic E-state index is -0.902. The van der Waals surface area contributed by atoms with Gasteiger partial charge in [0.25, 0.3) is 0 Å². The summed E-state index contributed by atoms with van der Waals surface area (Å²) >= 11 is 5.28. The predicted molar refractivity (Wildman–Crippen MR) is 93.1 cm³/mol. The van der Waals surface area contributed by atoms with Crippen molar-refractivity contribution in [2.75, 3.05) is 12.6 Å². The Hall–Kier alpha value is -2.28. The molecule has 0 aliphatic carbocycles. The number of nitrogens with one attached hydrogen (secondary N) is 2. The number of carbonyl (C=O) groups is 3. The van der Waals surface area contributed by atoms with Crippen LogP contribution in [0.4, 0.5) is 4.79 Å². The molecule has 0 saturated heterocycles. The largest absolute Gasteiger partial charge is 0.448 e. The van der Waals surface area contributed by atoms with Crippen LogP contribution >= 0.6 is 11.6 Å². The molecule has 2 amide bonds. The van der Waals surface area contributed by atoms with Gasteiger partial charge < -0.3 is 20.1 Å². The van der Waals surface area contributed by atoms with Crippen molar-refractivity contribution in [2.45, 2.75) is 38.8 Å². The smallest absolute Gasteiger partial charge is 0.408 e. The maximum absolute atomic E-state index is 12.3. The van der Waals surface area contributed by atoms with Crippen molar-refractivity contribution in [1.82, 2.24) is 10.6 Å². The van der Waals surface area contributed by atoms with E-state index in [1.54, 1.807) is 20.8 Å². The number of esters is 1. The van der Waals surface area contributed by atoms with Crippen LogP contribution in [0.25, 0.3) is 0 Å². The van der Waals surface area contributed by atoms with E-state index in [4.69, 9.17) is 16.3 Å². The molecule has 0 spiro atoms. The zero-order valence-corrected chi connectivity index (χ0v) is 15.3. The lowest BCUT2D eigenvalue weighted by Crippen LogP contribution is -2.50. The lowest BCUT2D eigenvalue weighted by atomic mass is 10.1. The Balaban J connectivity index is 2.74. The Bertz CT molecular complexity index is 586. The number of alkyl carbamates (subject to hydrolysis) is 1. The average Bonchev–Trinajstić information content (AvgIpc) is 2.51. The van der Waals surface area contributed by atoms with Gasteiger partial charge in [0.15, 0.2) is 6.07 Å². The van der Waals surface area contributed by atoms with Crippen molar-refractivity contribution < 1.29 is 23.9 Å². The Kier molecular flexibility index (Phi) is 8.21. The van der Waals surface area contributed by atoms with Crippen molar-refractivity contribution in [3.8, 4) is 0 Å². The van der Waals surface area contributed by atoms with Gasteiger partial charge in [-0.3, -0.25) is 9.59 Å². The van der Waals surface area contributed by atoms with Gasteiger partial charge in [-0.25, -0.2) is 4.79 Å². The van der Waals surface area contributed by atoms with E-state index >= 15 is 0 Å². The second-order valence-corrected chi connectivity index (χ2v) is 6.45. The van der Waals surface area contributed by atoms with Gasteiger partial charge in [-0.1, -0.05) is 41.9 Å². The Morgan fingerprint density at radius 1 is 1.16 bits per heavy atom. The molecule has 0 fully saturated rings. The van der Waals surface area contributed by atoms with Gasteiger partial charge >= 0.3 is 12.1 Å². The molecule has 1 rings (SSSR count). The maximum atomic E-state index is 12.3. The van der Waals surface area contributed by atoms with Crippen LogP contribution in [0, 0.1) is 0 Å². The van der Waals surface area contributed by atoms with Crippen molar-refractivity contribution in [1.29, 1.82) is 0 Å². The molecule has 0 aliphatic rings. The summed E-state index contributed by atoms with van der Waals surface area (Å²) in [5.74, 6) is -1.19. The zero-order valence-electron chi connectivity index (χ0n) is 14.5. The topological polar surface area (TPSA) is 93.7 Å². The van der Waals surface area contributed by atoms with Crippen LogP contribution in [-0.2, 0) is 25.5 Å². The Morgan fingerprint density at radius 2 is 1.80 bits per heavy atom. The molecule has 1 aromatic carbocycles. The summed E-state index contributed by atoms with van der Waals surface area (Å²) in [5.41, 5.74) is 0.157. The maximum Gasteiger partial charge on any atom is 0.408 e. The van der Waals surface area contributed by atoms with Gasteiger partial charge in [0.2, 0.25) is 5.91 Å². The summed E-state index contributed by atoms with van der Waals surface area (Å²) in [5, 5.41) is 4.94. The number of alkyl halides is 1. The minimum Gasteiger partial charge on any atom is -0.448 e. The number of benzene rings is 1. The highest BCUT2D eigenvalue weighted by molar-refractivity contribution is 6.17. The molecule has 8 heteroatoms. The summed E-state index contributed by atoms with van der Waals surface area (Å²) in [4.78, 5) is 35.6. The predicted octanol–water partition coefficient (Wildman–Crippen LogP) is 1.98. The third-order valence-electron chi connectivity index (χ3n) is 2.91. The number of amides is 2. The highest BCUT2D eigenvalue weighted by atomic mass is 35.5. The molecule has 1 aromatic rings. The van der Waals surface area contributed by atoms with E-state index in [0.29, 0.717) is 0 Å². The number of ether oxygens (including phenoxy) is 2. The number of hydrogen-bond donors (Lipinski definition) is 2. The number of halogens is 1. The first kappa shape index (κ1) is 20.8. The molecule has 0 heterocycles. The fourth-order valence-electron chi connectivity index (χ4n) is 1.90. The lowest BCUT2D eigenvalue weighted by molar-refractivity contribution is -0.142. The van der Waals surface area contributed by atoms with E-state index in [1.165, 1.54) is 0 Å². The second kappa shape index (κ2) is 9.88. The lowest BCUT2D eigenvalue weighted by Gasteiger charge is -2.23. The van der Waals surface area contributed by atoms with Crippen molar-refractivity contribution in [2.24, 2.45) is 0 Å². The number of carbonyl (C=O) groups excluding carboxylic acids is 3. The molecule has 1 atom stereocenters. The first-order valence-corrected chi connectivity index (χ1v) is 8.27. The number of rotatable bonds is 7. The first-order chi connectivity index (χ1) is 11.7. The Labute approximate surface area is 152 Å². The van der Waals surface area contributed by atoms with E-state index in [0.717, 1.165) is 5.56 Å². The summed E-state index contributed by atoms with van der Waals surface area (Å²) < 4.78 is 9.72. The summed E-state index contributed by atoms with van der Waals surface area (Å²) in [6.07, 6.45) is -0.469. The van der Waals surface area contributed by atoms with E-state index in [9.17, 15) is 14.4 Å². The van der Waals surface area contributed by atoms with E-state index < -0.39 is 29.6 Å².